The lowest BCUT2D eigenvalue weighted by Crippen LogP contribution is -2.26. The first kappa shape index (κ1) is 23.6. The van der Waals surface area contributed by atoms with Gasteiger partial charge in [0.2, 0.25) is 0 Å². The van der Waals surface area contributed by atoms with Gasteiger partial charge in [0.05, 0.1) is 21.4 Å². The van der Waals surface area contributed by atoms with E-state index in [2.05, 4.69) is 10.6 Å². The van der Waals surface area contributed by atoms with Crippen molar-refractivity contribution < 1.29 is 22.4 Å². The summed E-state index contributed by atoms with van der Waals surface area (Å²) in [6.07, 6.45) is 0.300. The minimum absolute atomic E-state index is 0.0272. The molecule has 0 bridgehead atoms. The molecule has 0 unspecified atom stereocenters. The molecule has 168 valence electrons. The van der Waals surface area contributed by atoms with Gasteiger partial charge < -0.3 is 10.6 Å². The average molecular weight is 475 g/mol. The van der Waals surface area contributed by atoms with Crippen LogP contribution >= 0.6 is 11.3 Å². The Balaban J connectivity index is 1.50. The van der Waals surface area contributed by atoms with Crippen LogP contribution in [-0.2, 0) is 15.6 Å². The molecule has 1 aromatic heterocycles. The highest BCUT2D eigenvalue weighted by atomic mass is 32.2. The van der Waals surface area contributed by atoms with Gasteiger partial charge in [0.25, 0.3) is 11.8 Å². The van der Waals surface area contributed by atoms with Crippen molar-refractivity contribution in [1.82, 2.24) is 5.32 Å². The summed E-state index contributed by atoms with van der Waals surface area (Å²) in [5, 5.41) is 5.86. The van der Waals surface area contributed by atoms with Gasteiger partial charge in [0.1, 0.15) is 5.82 Å². The highest BCUT2D eigenvalue weighted by Crippen LogP contribution is 2.27. The number of benzene rings is 2. The van der Waals surface area contributed by atoms with E-state index >= 15 is 0 Å². The first-order valence-corrected chi connectivity index (χ1v) is 12.6. The van der Waals surface area contributed by atoms with Gasteiger partial charge in [0, 0.05) is 12.1 Å². The number of carbonyl (C=O) groups excluding carboxylic acids is 2. The number of carbonyl (C=O) groups is 2. The molecule has 3 rings (SSSR count). The number of anilines is 1. The molecule has 2 aromatic carbocycles. The maximum atomic E-state index is 13.3. The van der Waals surface area contributed by atoms with Gasteiger partial charge >= 0.3 is 0 Å². The SMILES string of the molecule is Cc1cc(NC(=O)c2cccc(F)c2)sc1C(=O)NCCCS(=O)(=O)Cc1ccccc1. The number of aryl methyl sites for hydroxylation is 1. The molecule has 0 saturated heterocycles. The van der Waals surface area contributed by atoms with Crippen molar-refractivity contribution in [1.29, 1.82) is 0 Å². The second kappa shape index (κ2) is 10.5. The van der Waals surface area contributed by atoms with Gasteiger partial charge in [-0.1, -0.05) is 36.4 Å². The number of hydrogen-bond donors (Lipinski definition) is 2. The Morgan fingerprint density at radius 2 is 1.75 bits per heavy atom. The highest BCUT2D eigenvalue weighted by Gasteiger charge is 2.17. The van der Waals surface area contributed by atoms with Crippen molar-refractivity contribution in [2.45, 2.75) is 19.1 Å². The minimum atomic E-state index is -3.27. The van der Waals surface area contributed by atoms with Gasteiger partial charge in [-0.3, -0.25) is 9.59 Å². The summed E-state index contributed by atoms with van der Waals surface area (Å²) in [6, 6.07) is 16.0. The highest BCUT2D eigenvalue weighted by molar-refractivity contribution is 7.90. The number of halogens is 1. The van der Waals surface area contributed by atoms with E-state index in [0.717, 1.165) is 23.0 Å². The second-order valence-corrected chi connectivity index (χ2v) is 10.5. The standard InChI is InChI=1S/C23H23FN2O4S2/c1-16-13-20(26-22(27)18-9-5-10-19(24)14-18)31-21(16)23(28)25-11-6-12-32(29,30)15-17-7-3-2-4-8-17/h2-5,7-10,13-14H,6,11-12,15H2,1H3,(H,25,28)(H,26,27). The Labute approximate surface area is 190 Å². The summed E-state index contributed by atoms with van der Waals surface area (Å²) >= 11 is 1.10. The third kappa shape index (κ3) is 6.73. The molecule has 2 N–H and O–H groups in total. The summed E-state index contributed by atoms with van der Waals surface area (Å²) in [7, 11) is -3.27. The zero-order valence-electron chi connectivity index (χ0n) is 17.4. The predicted molar refractivity (Wildman–Crippen MR) is 124 cm³/mol. The van der Waals surface area contributed by atoms with E-state index in [1.54, 1.807) is 37.3 Å². The molecule has 9 heteroatoms. The van der Waals surface area contributed by atoms with Gasteiger partial charge in [0.15, 0.2) is 9.84 Å². The predicted octanol–water partition coefficient (Wildman–Crippen LogP) is 4.18. The molecule has 0 aliphatic carbocycles. The van der Waals surface area contributed by atoms with Crippen LogP contribution in [0.4, 0.5) is 9.39 Å². The van der Waals surface area contributed by atoms with Crippen molar-refractivity contribution in [3.8, 4) is 0 Å². The molecule has 0 aliphatic heterocycles. The maximum absolute atomic E-state index is 13.3. The van der Waals surface area contributed by atoms with Gasteiger partial charge in [-0.25, -0.2) is 12.8 Å². The van der Waals surface area contributed by atoms with Gasteiger partial charge in [-0.05, 0) is 48.7 Å². The third-order valence-electron chi connectivity index (χ3n) is 4.59. The summed E-state index contributed by atoms with van der Waals surface area (Å²) < 4.78 is 37.8. The van der Waals surface area contributed by atoms with Crippen LogP contribution in [0.1, 0.15) is 37.6 Å². The first-order chi connectivity index (χ1) is 15.2. The Morgan fingerprint density at radius 1 is 1.00 bits per heavy atom. The van der Waals surface area contributed by atoms with Crippen LogP contribution in [-0.4, -0.2) is 32.5 Å². The molecule has 1 heterocycles. The Hall–Kier alpha value is -3.04. The molecule has 2 amide bonds. The topological polar surface area (TPSA) is 92.3 Å². The molecule has 0 atom stereocenters. The molecule has 0 radical (unpaired) electrons. The van der Waals surface area contributed by atoms with Crippen molar-refractivity contribution in [3.63, 3.8) is 0 Å². The Bertz CT molecular complexity index is 1210. The monoisotopic (exact) mass is 474 g/mol. The van der Waals surface area contributed by atoms with Crippen LogP contribution < -0.4 is 10.6 Å². The van der Waals surface area contributed by atoms with E-state index in [0.29, 0.717) is 21.9 Å². The van der Waals surface area contributed by atoms with Crippen molar-refractivity contribution in [2.24, 2.45) is 0 Å². The van der Waals surface area contributed by atoms with Crippen LogP contribution in [0.5, 0.6) is 0 Å². The van der Waals surface area contributed by atoms with Crippen LogP contribution in [0, 0.1) is 12.7 Å². The first-order valence-electron chi connectivity index (χ1n) is 9.93. The molecule has 0 fully saturated rings. The summed E-state index contributed by atoms with van der Waals surface area (Å²) in [5.41, 5.74) is 1.59. The quantitative estimate of drug-likeness (QED) is 0.455. The number of sulfone groups is 1. The lowest BCUT2D eigenvalue weighted by Gasteiger charge is -2.06. The molecule has 32 heavy (non-hydrogen) atoms. The lowest BCUT2D eigenvalue weighted by atomic mass is 10.2. The fourth-order valence-electron chi connectivity index (χ4n) is 3.06. The van der Waals surface area contributed by atoms with Crippen molar-refractivity contribution >= 4 is 38.0 Å². The van der Waals surface area contributed by atoms with Crippen LogP contribution in [0.15, 0.2) is 60.7 Å². The number of hydrogen-bond acceptors (Lipinski definition) is 5. The third-order valence-corrected chi connectivity index (χ3v) is 7.43. The van der Waals surface area contributed by atoms with E-state index in [-0.39, 0.29) is 29.5 Å². The minimum Gasteiger partial charge on any atom is -0.351 e. The molecule has 0 spiro atoms. The van der Waals surface area contributed by atoms with Crippen LogP contribution in [0.2, 0.25) is 0 Å². The summed E-state index contributed by atoms with van der Waals surface area (Å²) in [6.45, 7) is 1.96. The second-order valence-electron chi connectivity index (χ2n) is 7.27. The summed E-state index contributed by atoms with van der Waals surface area (Å²) in [4.78, 5) is 25.2. The molecule has 0 aliphatic rings. The van der Waals surface area contributed by atoms with Crippen molar-refractivity contribution in [2.75, 3.05) is 17.6 Å². The number of amides is 2. The average Bonchev–Trinajstić information content (AvgIpc) is 3.11. The number of thiophene rings is 1. The largest absolute Gasteiger partial charge is 0.351 e. The molecular formula is C23H23FN2O4S2. The molecule has 0 saturated carbocycles. The van der Waals surface area contributed by atoms with Crippen LogP contribution in [0.25, 0.3) is 0 Å². The summed E-state index contributed by atoms with van der Waals surface area (Å²) in [5.74, 6) is -1.37. The zero-order valence-corrected chi connectivity index (χ0v) is 19.1. The Morgan fingerprint density at radius 3 is 2.47 bits per heavy atom. The van der Waals surface area contributed by atoms with Crippen molar-refractivity contribution in [3.05, 3.63) is 88.0 Å². The molecule has 3 aromatic rings. The Kier molecular flexibility index (Phi) is 7.76. The van der Waals surface area contributed by atoms with Gasteiger partial charge in [-0.15, -0.1) is 11.3 Å². The number of nitrogens with one attached hydrogen (secondary N) is 2. The maximum Gasteiger partial charge on any atom is 0.261 e. The lowest BCUT2D eigenvalue weighted by molar-refractivity contribution is 0.0956. The van der Waals surface area contributed by atoms with E-state index in [4.69, 9.17) is 0 Å². The molecular weight excluding hydrogens is 451 g/mol. The van der Waals surface area contributed by atoms with E-state index in [9.17, 15) is 22.4 Å². The zero-order chi connectivity index (χ0) is 23.1. The van der Waals surface area contributed by atoms with E-state index < -0.39 is 21.6 Å². The van der Waals surface area contributed by atoms with E-state index in [1.807, 2.05) is 6.07 Å². The smallest absolute Gasteiger partial charge is 0.261 e. The molecule has 6 nitrogen and oxygen atoms in total. The van der Waals surface area contributed by atoms with Gasteiger partial charge in [-0.2, -0.15) is 0 Å². The number of rotatable bonds is 9. The fraction of sp³-hybridized carbons (Fsp3) is 0.217. The van der Waals surface area contributed by atoms with E-state index in [1.165, 1.54) is 18.2 Å². The fourth-order valence-corrected chi connectivity index (χ4v) is 5.47. The normalized spacial score (nSPS) is 11.2. The van der Waals surface area contributed by atoms with Crippen LogP contribution in [0.3, 0.4) is 0 Å².